The van der Waals surface area contributed by atoms with Gasteiger partial charge < -0.3 is 5.11 Å². The minimum Gasteiger partial charge on any atom is -0.396 e. The molecule has 0 bridgehead atoms. The molecule has 0 radical (unpaired) electrons. The summed E-state index contributed by atoms with van der Waals surface area (Å²) in [5.74, 6) is -1.61. The number of aliphatic hydroxyl groups excluding tert-OH is 1. The summed E-state index contributed by atoms with van der Waals surface area (Å²) in [5, 5.41) is 8.65. The van der Waals surface area contributed by atoms with Crippen LogP contribution in [0.15, 0.2) is 18.2 Å². The van der Waals surface area contributed by atoms with Crippen LogP contribution >= 0.6 is 0 Å². The van der Waals surface area contributed by atoms with Crippen LogP contribution in [0.1, 0.15) is 24.8 Å². The number of benzene rings is 1. The number of halogens is 2. The zero-order chi connectivity index (χ0) is 9.84. The Morgan fingerprint density at radius 2 is 2.00 bits per heavy atom. The molecule has 72 valence electrons. The highest BCUT2D eigenvalue weighted by Gasteiger charge is 2.08. The lowest BCUT2D eigenvalue weighted by Crippen LogP contribution is -1.98. The Bertz CT molecular complexity index is 286. The first-order valence-electron chi connectivity index (χ1n) is 4.21. The van der Waals surface area contributed by atoms with Crippen LogP contribution in [-0.4, -0.2) is 11.7 Å². The van der Waals surface area contributed by atoms with Crippen molar-refractivity contribution >= 4 is 0 Å². The van der Waals surface area contributed by atoms with E-state index in [0.29, 0.717) is 12.0 Å². The summed E-state index contributed by atoms with van der Waals surface area (Å²) in [6, 6.07) is 3.83. The SMILES string of the molecule is CC(CCO)c1ccc(F)c(F)c1. The molecule has 1 N–H and O–H groups in total. The van der Waals surface area contributed by atoms with Gasteiger partial charge in [-0.1, -0.05) is 13.0 Å². The Morgan fingerprint density at radius 1 is 1.31 bits per heavy atom. The number of hydrogen-bond acceptors (Lipinski definition) is 1. The first-order valence-corrected chi connectivity index (χ1v) is 4.21. The standard InChI is InChI=1S/C10H12F2O/c1-7(4-5-13)8-2-3-9(11)10(12)6-8/h2-3,6-7,13H,4-5H2,1H3. The molecule has 0 fully saturated rings. The molecule has 0 saturated heterocycles. The largest absolute Gasteiger partial charge is 0.396 e. The third-order valence-electron chi connectivity index (χ3n) is 2.07. The summed E-state index contributed by atoms with van der Waals surface area (Å²) in [4.78, 5) is 0. The maximum absolute atomic E-state index is 12.7. The normalized spacial score (nSPS) is 12.9. The second-order valence-corrected chi connectivity index (χ2v) is 3.09. The molecular formula is C10H12F2O. The Kier molecular flexibility index (Phi) is 3.37. The second-order valence-electron chi connectivity index (χ2n) is 3.09. The van der Waals surface area contributed by atoms with Crippen LogP contribution in [0.5, 0.6) is 0 Å². The molecule has 13 heavy (non-hydrogen) atoms. The van der Waals surface area contributed by atoms with Crippen molar-refractivity contribution in [3.8, 4) is 0 Å². The van der Waals surface area contributed by atoms with E-state index in [1.165, 1.54) is 6.07 Å². The minimum absolute atomic E-state index is 0.0556. The van der Waals surface area contributed by atoms with Gasteiger partial charge in [-0.25, -0.2) is 8.78 Å². The summed E-state index contributed by atoms with van der Waals surface area (Å²) in [6.45, 7) is 1.92. The highest BCUT2D eigenvalue weighted by molar-refractivity contribution is 5.21. The predicted molar refractivity (Wildman–Crippen MR) is 46.5 cm³/mol. The number of hydrogen-bond donors (Lipinski definition) is 1. The van der Waals surface area contributed by atoms with Gasteiger partial charge >= 0.3 is 0 Å². The zero-order valence-corrected chi connectivity index (χ0v) is 7.43. The molecule has 0 aromatic heterocycles. The van der Waals surface area contributed by atoms with E-state index in [-0.39, 0.29) is 12.5 Å². The Labute approximate surface area is 76.0 Å². The molecule has 0 aliphatic rings. The van der Waals surface area contributed by atoms with E-state index in [9.17, 15) is 8.78 Å². The van der Waals surface area contributed by atoms with Gasteiger partial charge in [-0.15, -0.1) is 0 Å². The summed E-state index contributed by atoms with van der Waals surface area (Å²) >= 11 is 0. The number of aliphatic hydroxyl groups is 1. The molecule has 0 spiro atoms. The molecule has 0 aliphatic heterocycles. The maximum Gasteiger partial charge on any atom is 0.159 e. The van der Waals surface area contributed by atoms with Crippen LogP contribution in [0, 0.1) is 11.6 Å². The van der Waals surface area contributed by atoms with Crippen molar-refractivity contribution in [2.75, 3.05) is 6.61 Å². The molecule has 1 aromatic carbocycles. The van der Waals surface area contributed by atoms with E-state index >= 15 is 0 Å². The molecule has 1 unspecified atom stereocenters. The molecule has 0 heterocycles. The van der Waals surface area contributed by atoms with Gasteiger partial charge in [0.1, 0.15) is 0 Å². The fraction of sp³-hybridized carbons (Fsp3) is 0.400. The summed E-state index contributed by atoms with van der Waals surface area (Å²) in [6.07, 6.45) is 0.561. The first-order chi connectivity index (χ1) is 6.15. The molecule has 1 nitrogen and oxygen atoms in total. The van der Waals surface area contributed by atoms with Gasteiger partial charge in [-0.3, -0.25) is 0 Å². The van der Waals surface area contributed by atoms with Crippen molar-refractivity contribution in [1.82, 2.24) is 0 Å². The van der Waals surface area contributed by atoms with Gasteiger partial charge in [0.2, 0.25) is 0 Å². The summed E-state index contributed by atoms with van der Waals surface area (Å²) in [7, 11) is 0. The van der Waals surface area contributed by atoms with Crippen molar-refractivity contribution in [2.24, 2.45) is 0 Å². The van der Waals surface area contributed by atoms with Gasteiger partial charge in [0.25, 0.3) is 0 Å². The Balaban J connectivity index is 2.84. The van der Waals surface area contributed by atoms with E-state index in [1.54, 1.807) is 6.07 Å². The second kappa shape index (κ2) is 4.33. The molecule has 1 aromatic rings. The highest BCUT2D eigenvalue weighted by Crippen LogP contribution is 2.20. The topological polar surface area (TPSA) is 20.2 Å². The van der Waals surface area contributed by atoms with Crippen LogP contribution in [0.3, 0.4) is 0 Å². The number of rotatable bonds is 3. The van der Waals surface area contributed by atoms with Crippen molar-refractivity contribution in [3.05, 3.63) is 35.4 Å². The van der Waals surface area contributed by atoms with Gasteiger partial charge in [-0.2, -0.15) is 0 Å². The first kappa shape index (κ1) is 10.1. The fourth-order valence-electron chi connectivity index (χ4n) is 1.18. The van der Waals surface area contributed by atoms with Crippen molar-refractivity contribution in [3.63, 3.8) is 0 Å². The van der Waals surface area contributed by atoms with Crippen molar-refractivity contribution in [2.45, 2.75) is 19.3 Å². The van der Waals surface area contributed by atoms with E-state index in [0.717, 1.165) is 6.07 Å². The third kappa shape index (κ3) is 2.49. The molecule has 1 rings (SSSR count). The lowest BCUT2D eigenvalue weighted by atomic mass is 9.98. The summed E-state index contributed by atoms with van der Waals surface area (Å²) < 4.78 is 25.3. The smallest absolute Gasteiger partial charge is 0.159 e. The average Bonchev–Trinajstić information content (AvgIpc) is 2.10. The lowest BCUT2D eigenvalue weighted by molar-refractivity contribution is 0.278. The van der Waals surface area contributed by atoms with E-state index in [2.05, 4.69) is 0 Å². The Hall–Kier alpha value is -0.960. The van der Waals surface area contributed by atoms with Gasteiger partial charge in [0.15, 0.2) is 11.6 Å². The van der Waals surface area contributed by atoms with Crippen molar-refractivity contribution in [1.29, 1.82) is 0 Å². The van der Waals surface area contributed by atoms with Crippen LogP contribution in [0.2, 0.25) is 0 Å². The zero-order valence-electron chi connectivity index (χ0n) is 7.43. The monoisotopic (exact) mass is 186 g/mol. The lowest BCUT2D eigenvalue weighted by Gasteiger charge is -2.09. The van der Waals surface area contributed by atoms with Crippen LogP contribution < -0.4 is 0 Å². The van der Waals surface area contributed by atoms with Crippen LogP contribution in [0.4, 0.5) is 8.78 Å². The predicted octanol–water partition coefficient (Wildman–Crippen LogP) is 2.45. The maximum atomic E-state index is 12.7. The average molecular weight is 186 g/mol. The van der Waals surface area contributed by atoms with E-state index in [4.69, 9.17) is 5.11 Å². The molecule has 1 atom stereocenters. The Morgan fingerprint density at radius 3 is 2.54 bits per heavy atom. The van der Waals surface area contributed by atoms with Gasteiger partial charge in [0, 0.05) is 6.61 Å². The highest BCUT2D eigenvalue weighted by atomic mass is 19.2. The minimum atomic E-state index is -0.833. The quantitative estimate of drug-likeness (QED) is 0.768. The molecule has 3 heteroatoms. The van der Waals surface area contributed by atoms with Crippen LogP contribution in [0.25, 0.3) is 0 Å². The summed E-state index contributed by atoms with van der Waals surface area (Å²) in [5.41, 5.74) is 0.716. The van der Waals surface area contributed by atoms with Gasteiger partial charge in [-0.05, 0) is 30.0 Å². The van der Waals surface area contributed by atoms with E-state index in [1.807, 2.05) is 6.92 Å². The molecule has 0 aliphatic carbocycles. The molecular weight excluding hydrogens is 174 g/mol. The van der Waals surface area contributed by atoms with E-state index < -0.39 is 11.6 Å². The van der Waals surface area contributed by atoms with Crippen LogP contribution in [-0.2, 0) is 0 Å². The third-order valence-corrected chi connectivity index (χ3v) is 2.07. The molecule has 0 amide bonds. The molecule has 0 saturated carbocycles. The van der Waals surface area contributed by atoms with Gasteiger partial charge in [0.05, 0.1) is 0 Å². The van der Waals surface area contributed by atoms with Crippen molar-refractivity contribution < 1.29 is 13.9 Å². The fourth-order valence-corrected chi connectivity index (χ4v) is 1.18.